The van der Waals surface area contributed by atoms with Crippen LogP contribution in [0.1, 0.15) is 28.9 Å². The summed E-state index contributed by atoms with van der Waals surface area (Å²) in [4.78, 5) is 12.0. The molecular formula is C16H14ClN5O3. The van der Waals surface area contributed by atoms with E-state index in [9.17, 15) is 9.90 Å². The van der Waals surface area contributed by atoms with Crippen molar-refractivity contribution < 1.29 is 14.5 Å². The number of aliphatic hydroxyl groups is 1. The number of carbonyl (C=O) groups is 1. The van der Waals surface area contributed by atoms with E-state index >= 15 is 0 Å². The molecule has 25 heavy (non-hydrogen) atoms. The highest BCUT2D eigenvalue weighted by molar-refractivity contribution is 6.31. The van der Waals surface area contributed by atoms with E-state index in [0.29, 0.717) is 17.9 Å². The average Bonchev–Trinajstić information content (AvgIpc) is 3.12. The Balaban J connectivity index is 1.35. The second-order valence-electron chi connectivity index (χ2n) is 6.84. The third kappa shape index (κ3) is 2.25. The minimum absolute atomic E-state index is 0.0449. The molecule has 1 aromatic carbocycles. The number of nitrogens with one attached hydrogen (secondary N) is 2. The Morgan fingerprint density at radius 1 is 1.36 bits per heavy atom. The van der Waals surface area contributed by atoms with E-state index in [2.05, 4.69) is 30.5 Å². The molecule has 8 nitrogen and oxygen atoms in total. The quantitative estimate of drug-likeness (QED) is 0.654. The summed E-state index contributed by atoms with van der Waals surface area (Å²) in [5.74, 6) is 0.161. The number of benzene rings is 1. The topological polar surface area (TPSA) is 117 Å². The van der Waals surface area contributed by atoms with Gasteiger partial charge in [0.25, 0.3) is 5.91 Å². The monoisotopic (exact) mass is 359 g/mol. The summed E-state index contributed by atoms with van der Waals surface area (Å²) in [6.45, 7) is 0. The molecule has 2 atom stereocenters. The Morgan fingerprint density at radius 2 is 2.16 bits per heavy atom. The molecular weight excluding hydrogens is 346 g/mol. The predicted molar refractivity (Wildman–Crippen MR) is 86.8 cm³/mol. The largest absolute Gasteiger partial charge is 0.385 e. The lowest BCUT2D eigenvalue weighted by Gasteiger charge is -2.27. The molecule has 2 aliphatic rings. The van der Waals surface area contributed by atoms with Gasteiger partial charge in [-0.15, -0.1) is 0 Å². The molecule has 2 unspecified atom stereocenters. The van der Waals surface area contributed by atoms with Crippen LogP contribution in [-0.2, 0) is 5.60 Å². The summed E-state index contributed by atoms with van der Waals surface area (Å²) in [6.07, 6.45) is 4.13. The van der Waals surface area contributed by atoms with Crippen molar-refractivity contribution in [1.29, 1.82) is 0 Å². The van der Waals surface area contributed by atoms with E-state index in [1.165, 1.54) is 6.20 Å². The second-order valence-corrected chi connectivity index (χ2v) is 7.28. The van der Waals surface area contributed by atoms with Gasteiger partial charge < -0.3 is 10.4 Å². The zero-order valence-corrected chi connectivity index (χ0v) is 13.7. The molecule has 0 saturated heterocycles. The van der Waals surface area contributed by atoms with Crippen LogP contribution in [0.25, 0.3) is 10.9 Å². The van der Waals surface area contributed by atoms with Crippen LogP contribution in [0.15, 0.2) is 29.2 Å². The van der Waals surface area contributed by atoms with Crippen LogP contribution in [0.4, 0.5) is 0 Å². The number of fused-ring (bicyclic) bond motifs is 2. The summed E-state index contributed by atoms with van der Waals surface area (Å²) in [7, 11) is 0. The number of carbonyl (C=O) groups excluding carboxylic acids is 1. The summed E-state index contributed by atoms with van der Waals surface area (Å²) in [6, 6.07) is 3.64. The molecule has 3 N–H and O–H groups in total. The van der Waals surface area contributed by atoms with Crippen molar-refractivity contribution in [2.24, 2.45) is 11.8 Å². The minimum atomic E-state index is -0.959. The van der Waals surface area contributed by atoms with Crippen molar-refractivity contribution in [2.45, 2.75) is 24.5 Å². The van der Waals surface area contributed by atoms with E-state index in [4.69, 9.17) is 11.6 Å². The highest BCUT2D eigenvalue weighted by atomic mass is 35.5. The van der Waals surface area contributed by atoms with Crippen LogP contribution < -0.4 is 5.32 Å². The molecule has 2 heterocycles. The summed E-state index contributed by atoms with van der Waals surface area (Å²) in [5.41, 5.74) is 0.802. The Labute approximate surface area is 146 Å². The first kappa shape index (κ1) is 14.9. The Kier molecular flexibility index (Phi) is 2.99. The SMILES string of the molecule is O=C(NC1C2CC(O)(c3cc(Cl)cc4[nH]ncc34)CC21)c1cnon1. The fraction of sp³-hybridized carbons (Fsp3) is 0.375. The molecule has 0 spiro atoms. The normalized spacial score (nSPS) is 30.4. The zero-order valence-electron chi connectivity index (χ0n) is 12.9. The van der Waals surface area contributed by atoms with E-state index in [1.54, 1.807) is 18.3 Å². The van der Waals surface area contributed by atoms with Gasteiger partial charge in [-0.1, -0.05) is 16.8 Å². The van der Waals surface area contributed by atoms with E-state index in [1.807, 2.05) is 0 Å². The van der Waals surface area contributed by atoms with Crippen molar-refractivity contribution >= 4 is 28.4 Å². The molecule has 0 aliphatic heterocycles. The van der Waals surface area contributed by atoms with Gasteiger partial charge in [-0.2, -0.15) is 5.10 Å². The molecule has 3 aromatic rings. The summed E-state index contributed by atoms with van der Waals surface area (Å²) in [5, 5.41) is 29.5. The van der Waals surface area contributed by atoms with Crippen molar-refractivity contribution in [3.8, 4) is 0 Å². The minimum Gasteiger partial charge on any atom is -0.385 e. The predicted octanol–water partition coefficient (Wildman–Crippen LogP) is 1.63. The number of hydrogen-bond donors (Lipinski definition) is 3. The van der Waals surface area contributed by atoms with Crippen LogP contribution in [0.5, 0.6) is 0 Å². The number of rotatable bonds is 3. The van der Waals surface area contributed by atoms with E-state index < -0.39 is 5.60 Å². The van der Waals surface area contributed by atoms with Crippen LogP contribution in [0.2, 0.25) is 5.02 Å². The third-order valence-electron chi connectivity index (χ3n) is 5.39. The van der Waals surface area contributed by atoms with Crippen molar-refractivity contribution in [3.63, 3.8) is 0 Å². The van der Waals surface area contributed by atoms with Crippen molar-refractivity contribution in [2.75, 3.05) is 0 Å². The average molecular weight is 360 g/mol. The maximum absolute atomic E-state index is 12.0. The van der Waals surface area contributed by atoms with Crippen molar-refractivity contribution in [1.82, 2.24) is 25.8 Å². The van der Waals surface area contributed by atoms with Gasteiger partial charge >= 0.3 is 0 Å². The summed E-state index contributed by atoms with van der Waals surface area (Å²) < 4.78 is 4.44. The molecule has 128 valence electrons. The standard InChI is InChI=1S/C16H14ClN5O3/c17-7-1-11(10-5-18-21-12(10)2-7)16(24)3-8-9(4-16)14(8)20-15(23)13-6-19-25-22-13/h1-2,5-6,8-9,14,24H,3-4H2,(H,18,21)(H,20,23). The molecule has 2 aromatic heterocycles. The molecule has 2 saturated carbocycles. The Hall–Kier alpha value is -2.45. The fourth-order valence-electron chi connectivity index (χ4n) is 4.19. The van der Waals surface area contributed by atoms with Crippen molar-refractivity contribution in [3.05, 3.63) is 40.8 Å². The number of H-pyrrole nitrogens is 1. The maximum Gasteiger partial charge on any atom is 0.275 e. The van der Waals surface area contributed by atoms with Gasteiger partial charge in [0.15, 0.2) is 5.69 Å². The summed E-state index contributed by atoms with van der Waals surface area (Å²) >= 11 is 6.19. The highest BCUT2D eigenvalue weighted by Crippen LogP contribution is 2.60. The number of halogens is 1. The number of aromatic amines is 1. The molecule has 5 rings (SSSR count). The lowest BCUT2D eigenvalue weighted by atomic mass is 9.86. The highest BCUT2D eigenvalue weighted by Gasteiger charge is 2.62. The zero-order chi connectivity index (χ0) is 17.2. The number of nitrogens with zero attached hydrogens (tertiary/aromatic N) is 3. The van der Waals surface area contributed by atoms with Crippen LogP contribution in [-0.4, -0.2) is 37.6 Å². The van der Waals surface area contributed by atoms with Gasteiger partial charge in [0.2, 0.25) is 0 Å². The van der Waals surface area contributed by atoms with Gasteiger partial charge in [0.05, 0.1) is 17.3 Å². The van der Waals surface area contributed by atoms with Crippen LogP contribution in [0, 0.1) is 11.8 Å². The number of amides is 1. The Morgan fingerprint density at radius 3 is 2.88 bits per heavy atom. The van der Waals surface area contributed by atoms with Gasteiger partial charge in [0.1, 0.15) is 6.20 Å². The van der Waals surface area contributed by atoms with E-state index in [-0.39, 0.29) is 29.5 Å². The maximum atomic E-state index is 12.0. The van der Waals surface area contributed by atoms with Gasteiger partial charge in [-0.05, 0) is 47.5 Å². The number of aromatic nitrogens is 4. The first-order valence-corrected chi connectivity index (χ1v) is 8.37. The van der Waals surface area contributed by atoms with Gasteiger partial charge in [-0.3, -0.25) is 9.89 Å². The Bertz CT molecular complexity index is 957. The van der Waals surface area contributed by atoms with Gasteiger partial charge in [0, 0.05) is 16.5 Å². The first-order chi connectivity index (χ1) is 12.0. The smallest absolute Gasteiger partial charge is 0.275 e. The molecule has 0 bridgehead atoms. The lowest BCUT2D eigenvalue weighted by molar-refractivity contribution is 0.0292. The third-order valence-corrected chi connectivity index (χ3v) is 5.61. The van der Waals surface area contributed by atoms with Crippen LogP contribution in [0.3, 0.4) is 0 Å². The fourth-order valence-corrected chi connectivity index (χ4v) is 4.41. The molecule has 0 radical (unpaired) electrons. The van der Waals surface area contributed by atoms with Crippen LogP contribution >= 0.6 is 11.6 Å². The number of hydrogen-bond acceptors (Lipinski definition) is 6. The molecule has 1 amide bonds. The molecule has 9 heteroatoms. The molecule has 2 fully saturated rings. The molecule has 2 aliphatic carbocycles. The lowest BCUT2D eigenvalue weighted by Crippen LogP contribution is -2.33. The first-order valence-electron chi connectivity index (χ1n) is 7.99. The second kappa shape index (κ2) is 5.03. The van der Waals surface area contributed by atoms with Gasteiger partial charge in [-0.25, -0.2) is 4.63 Å². The van der Waals surface area contributed by atoms with E-state index in [0.717, 1.165) is 16.5 Å².